The smallest absolute Gasteiger partial charge is 0.263 e. The summed E-state index contributed by atoms with van der Waals surface area (Å²) < 4.78 is 53.4. The molecule has 0 aliphatic rings. The second-order valence-corrected chi connectivity index (χ2v) is 5.98. The third-order valence-electron chi connectivity index (χ3n) is 2.58. The molecule has 21 heavy (non-hydrogen) atoms. The molecule has 0 spiro atoms. The molecule has 1 N–H and O–H groups in total. The predicted molar refractivity (Wildman–Crippen MR) is 73.3 cm³/mol. The van der Waals surface area contributed by atoms with E-state index in [1.54, 1.807) is 0 Å². The van der Waals surface area contributed by atoms with Crippen LogP contribution in [0.2, 0.25) is 5.02 Å². The molecule has 0 bridgehead atoms. The highest BCUT2D eigenvalue weighted by molar-refractivity contribution is 7.92. The summed E-state index contributed by atoms with van der Waals surface area (Å²) in [6.45, 7) is 0. The molecule has 2 aromatic rings. The third-order valence-corrected chi connectivity index (χ3v) is 4.28. The van der Waals surface area contributed by atoms with Gasteiger partial charge in [-0.1, -0.05) is 23.7 Å². The molecule has 0 aromatic heterocycles. The highest BCUT2D eigenvalue weighted by Gasteiger charge is 2.23. The van der Waals surface area contributed by atoms with Gasteiger partial charge in [-0.2, -0.15) is 5.26 Å². The highest BCUT2D eigenvalue weighted by atomic mass is 35.5. The normalized spacial score (nSPS) is 11.0. The number of nitrogens with one attached hydrogen (secondary N) is 1. The van der Waals surface area contributed by atoms with Gasteiger partial charge in [0.25, 0.3) is 10.0 Å². The molecule has 2 aromatic carbocycles. The molecular formula is C13H7ClF2N2O2S. The van der Waals surface area contributed by atoms with E-state index in [2.05, 4.69) is 0 Å². The van der Waals surface area contributed by atoms with Gasteiger partial charge in [-0.25, -0.2) is 17.2 Å². The monoisotopic (exact) mass is 328 g/mol. The Morgan fingerprint density at radius 2 is 1.71 bits per heavy atom. The summed E-state index contributed by atoms with van der Waals surface area (Å²) in [4.78, 5) is -0.593. The fourth-order valence-corrected chi connectivity index (χ4v) is 3.14. The Bertz CT molecular complexity index is 827. The van der Waals surface area contributed by atoms with Crippen molar-refractivity contribution in [2.45, 2.75) is 4.90 Å². The number of hydrogen-bond donors (Lipinski definition) is 1. The number of nitrogens with zero attached hydrogens (tertiary/aromatic N) is 1. The maximum absolute atomic E-state index is 13.6. The van der Waals surface area contributed by atoms with E-state index in [1.165, 1.54) is 18.2 Å². The van der Waals surface area contributed by atoms with Gasteiger partial charge in [0.05, 0.1) is 5.02 Å². The highest BCUT2D eigenvalue weighted by Crippen LogP contribution is 2.28. The van der Waals surface area contributed by atoms with Crippen molar-refractivity contribution in [3.8, 4) is 6.07 Å². The summed E-state index contributed by atoms with van der Waals surface area (Å²) in [5.41, 5.74) is -1.12. The topological polar surface area (TPSA) is 70.0 Å². The van der Waals surface area contributed by atoms with Crippen molar-refractivity contribution in [3.05, 3.63) is 58.6 Å². The average molecular weight is 329 g/mol. The molecule has 0 radical (unpaired) electrons. The maximum Gasteiger partial charge on any atom is 0.263 e. The van der Waals surface area contributed by atoms with Crippen molar-refractivity contribution < 1.29 is 17.2 Å². The van der Waals surface area contributed by atoms with Crippen LogP contribution in [-0.2, 0) is 10.0 Å². The lowest BCUT2D eigenvalue weighted by atomic mass is 10.2. The minimum Gasteiger partial charge on any atom is -0.275 e. The van der Waals surface area contributed by atoms with E-state index in [-0.39, 0.29) is 5.02 Å². The van der Waals surface area contributed by atoms with Crippen molar-refractivity contribution in [1.29, 1.82) is 5.26 Å². The van der Waals surface area contributed by atoms with Crippen molar-refractivity contribution in [2.24, 2.45) is 0 Å². The second-order valence-electron chi connectivity index (χ2n) is 3.93. The van der Waals surface area contributed by atoms with Crippen LogP contribution in [0.15, 0.2) is 41.3 Å². The zero-order valence-corrected chi connectivity index (χ0v) is 11.8. The van der Waals surface area contributed by atoms with Crippen molar-refractivity contribution >= 4 is 27.3 Å². The lowest BCUT2D eigenvalue weighted by Crippen LogP contribution is -2.16. The van der Waals surface area contributed by atoms with Crippen LogP contribution >= 0.6 is 11.6 Å². The lowest BCUT2D eigenvalue weighted by Gasteiger charge is -2.11. The summed E-state index contributed by atoms with van der Waals surface area (Å²) in [7, 11) is -4.36. The molecule has 4 nitrogen and oxygen atoms in total. The van der Waals surface area contributed by atoms with Gasteiger partial charge < -0.3 is 0 Å². The van der Waals surface area contributed by atoms with Crippen LogP contribution < -0.4 is 4.72 Å². The number of rotatable bonds is 3. The molecule has 108 valence electrons. The number of benzene rings is 2. The number of sulfonamides is 1. The zero-order chi connectivity index (χ0) is 15.6. The first-order valence-electron chi connectivity index (χ1n) is 5.52. The fraction of sp³-hybridized carbons (Fsp3) is 0. The van der Waals surface area contributed by atoms with Crippen LogP contribution in [0.5, 0.6) is 0 Å². The number of hydrogen-bond acceptors (Lipinski definition) is 3. The third kappa shape index (κ3) is 2.96. The quantitative estimate of drug-likeness (QED) is 0.939. The van der Waals surface area contributed by atoms with Crippen LogP contribution in [-0.4, -0.2) is 8.42 Å². The summed E-state index contributed by atoms with van der Waals surface area (Å²) in [5, 5.41) is 8.70. The first-order chi connectivity index (χ1) is 9.86. The molecule has 0 heterocycles. The van der Waals surface area contributed by atoms with E-state index in [1.807, 2.05) is 4.72 Å². The number of anilines is 1. The molecule has 0 amide bonds. The summed E-state index contributed by atoms with van der Waals surface area (Å²) in [6.07, 6.45) is 0. The van der Waals surface area contributed by atoms with Gasteiger partial charge >= 0.3 is 0 Å². The van der Waals surface area contributed by atoms with Gasteiger partial charge in [-0.3, -0.25) is 4.72 Å². The largest absolute Gasteiger partial charge is 0.275 e. The summed E-state index contributed by atoms with van der Waals surface area (Å²) in [5.74, 6) is -1.87. The Morgan fingerprint density at radius 3 is 2.33 bits per heavy atom. The molecule has 0 aliphatic carbocycles. The van der Waals surface area contributed by atoms with Gasteiger partial charge in [0.15, 0.2) is 0 Å². The van der Waals surface area contributed by atoms with Crippen LogP contribution in [0.25, 0.3) is 0 Å². The van der Waals surface area contributed by atoms with Gasteiger partial charge in [0.2, 0.25) is 0 Å². The Balaban J connectivity index is 2.55. The minimum atomic E-state index is -4.36. The molecule has 0 aliphatic heterocycles. The van der Waals surface area contributed by atoms with E-state index in [4.69, 9.17) is 16.9 Å². The maximum atomic E-state index is 13.6. The Labute approximate surface area is 124 Å². The van der Waals surface area contributed by atoms with E-state index >= 15 is 0 Å². The van der Waals surface area contributed by atoms with E-state index < -0.39 is 37.8 Å². The van der Waals surface area contributed by atoms with Gasteiger partial charge in [-0.05, 0) is 24.3 Å². The Kier molecular flexibility index (Phi) is 4.11. The molecule has 0 unspecified atom stereocenters. The molecular weight excluding hydrogens is 322 g/mol. The van der Waals surface area contributed by atoms with Gasteiger partial charge in [-0.15, -0.1) is 0 Å². The first kappa shape index (κ1) is 15.2. The molecule has 8 heteroatoms. The Morgan fingerprint density at radius 1 is 1.10 bits per heavy atom. The van der Waals surface area contributed by atoms with Crippen molar-refractivity contribution in [3.63, 3.8) is 0 Å². The summed E-state index contributed by atoms with van der Waals surface area (Å²) in [6, 6.07) is 8.20. The second kappa shape index (κ2) is 5.68. The van der Waals surface area contributed by atoms with E-state index in [0.717, 1.165) is 24.3 Å². The number of para-hydroxylation sites is 1. The lowest BCUT2D eigenvalue weighted by molar-refractivity contribution is 0.592. The van der Waals surface area contributed by atoms with Gasteiger partial charge in [0, 0.05) is 0 Å². The number of nitriles is 1. The van der Waals surface area contributed by atoms with Gasteiger partial charge in [0.1, 0.15) is 33.8 Å². The molecule has 0 saturated carbocycles. The van der Waals surface area contributed by atoms with E-state index in [9.17, 15) is 17.2 Å². The minimum absolute atomic E-state index is 0.159. The summed E-state index contributed by atoms with van der Waals surface area (Å²) >= 11 is 5.72. The SMILES string of the molecule is N#Cc1c(F)cccc1S(=O)(=O)Nc1c(F)cccc1Cl. The van der Waals surface area contributed by atoms with Crippen molar-refractivity contribution in [2.75, 3.05) is 4.72 Å². The van der Waals surface area contributed by atoms with Crippen molar-refractivity contribution in [1.82, 2.24) is 0 Å². The standard InChI is InChI=1S/C13H7ClF2N2O2S/c14-9-3-1-5-11(16)13(9)18-21(19,20)12-6-2-4-10(15)8(12)7-17/h1-6,18H. The Hall–Kier alpha value is -2.17. The molecule has 0 atom stereocenters. The number of halogens is 3. The fourth-order valence-electron chi connectivity index (χ4n) is 1.62. The van der Waals surface area contributed by atoms with Crippen LogP contribution in [0.3, 0.4) is 0 Å². The van der Waals surface area contributed by atoms with E-state index in [0.29, 0.717) is 0 Å². The van der Waals surface area contributed by atoms with Crippen LogP contribution in [0, 0.1) is 23.0 Å². The van der Waals surface area contributed by atoms with Crippen LogP contribution in [0.1, 0.15) is 5.56 Å². The first-order valence-corrected chi connectivity index (χ1v) is 7.38. The molecule has 2 rings (SSSR count). The predicted octanol–water partition coefficient (Wildman–Crippen LogP) is 3.29. The average Bonchev–Trinajstić information content (AvgIpc) is 2.43. The molecule has 0 saturated heterocycles. The van der Waals surface area contributed by atoms with Crippen LogP contribution in [0.4, 0.5) is 14.5 Å². The molecule has 0 fully saturated rings. The zero-order valence-electron chi connectivity index (χ0n) is 10.3.